The number of nitrogens with one attached hydrogen (secondary N) is 2. The maximum atomic E-state index is 12.5. The molecule has 11 N–H and O–H groups in total. The molecule has 786 valence electrons. The van der Waals surface area contributed by atoms with Crippen LogP contribution in [0.3, 0.4) is 0 Å². The fourth-order valence-corrected chi connectivity index (χ4v) is 16.5. The first-order valence-electron chi connectivity index (χ1n) is 47.7. The van der Waals surface area contributed by atoms with Crippen LogP contribution in [-0.2, 0) is 64.8 Å². The first-order valence-corrected chi connectivity index (χ1v) is 63.6. The molecule has 6 heterocycles. The highest BCUT2D eigenvalue weighted by Crippen LogP contribution is 2.34. The van der Waals surface area contributed by atoms with Crippen molar-refractivity contribution < 1.29 is 92.2 Å². The van der Waals surface area contributed by atoms with E-state index in [0.717, 1.165) is 99.4 Å². The summed E-state index contributed by atoms with van der Waals surface area (Å²) in [4.78, 5) is 97.3. The zero-order chi connectivity index (χ0) is 107. The number of carbonyl (C=O) groups is 5. The minimum atomic E-state index is -1.57. The van der Waals surface area contributed by atoms with Crippen LogP contribution >= 0.6 is 22.6 Å². The molecule has 4 atom stereocenters. The van der Waals surface area contributed by atoms with E-state index in [9.17, 15) is 49.4 Å². The molecule has 0 aliphatic rings. The Labute approximate surface area is 869 Å². The van der Waals surface area contributed by atoms with E-state index < -0.39 is 110 Å². The van der Waals surface area contributed by atoms with Gasteiger partial charge in [-0.15, -0.1) is 0 Å². The number of carbonyl (C=O) groups excluding carboxylic acids is 5. The van der Waals surface area contributed by atoms with E-state index in [1.54, 1.807) is 161 Å². The highest BCUT2D eigenvalue weighted by molar-refractivity contribution is 14.1. The minimum Gasteiger partial charge on any atom is -0.444 e. The number of alkyl carbamates (subject to hydrolysis) is 1. The number of hydrogen-bond donors (Lipinski definition) is 9. The van der Waals surface area contributed by atoms with Crippen LogP contribution in [0.25, 0.3) is 56.3 Å². The zero-order valence-corrected chi connectivity index (χ0v) is 93.6. The minimum absolute atomic E-state index is 0.0854. The highest BCUT2D eigenvalue weighted by atomic mass is 127. The molecule has 0 bridgehead atoms. The van der Waals surface area contributed by atoms with Crippen LogP contribution in [0.5, 0.6) is 0 Å². The van der Waals surface area contributed by atoms with Crippen molar-refractivity contribution in [1.82, 2.24) is 63.0 Å². The number of nitrogens with zero attached hydrogens (tertiary/aromatic N) is 12. The van der Waals surface area contributed by atoms with Gasteiger partial charge in [0.1, 0.15) is 72.2 Å². The van der Waals surface area contributed by atoms with E-state index in [1.807, 2.05) is 116 Å². The molecule has 6 aromatic carbocycles. The molecule has 1 amide bonds. The van der Waals surface area contributed by atoms with E-state index in [1.165, 1.54) is 35.3 Å². The normalized spacial score (nSPS) is 12.4. The van der Waals surface area contributed by atoms with Gasteiger partial charge < -0.3 is 103 Å². The summed E-state index contributed by atoms with van der Waals surface area (Å²) in [6, 6.07) is 47.8. The zero-order valence-electron chi connectivity index (χ0n) is 87.4. The van der Waals surface area contributed by atoms with Gasteiger partial charge in [-0.1, -0.05) is 224 Å². The van der Waals surface area contributed by atoms with Gasteiger partial charge in [0.05, 0.1) is 85.1 Å². The standard InChI is InChI=1S/C26H37N3O7.C17H25N3O4Si.C17H27N3O2Si.C16H22N2O2Si.C11H13N3O.C9H17IN2OSi.C7H7BO3/c1-24(2,3)34-21(30)27-14-20(33-23(32)36-26(7,8)9)18-13-11-10-12-17(18)19-15-29(16-28-19)22(31)35-25(4,5)6;1-25(2,3)9-8-24-13-19-10-16(18-12-19)14-6-4-5-7-15(14)17(21)11-20(22)23;1-23(2,3)9-8-22-13-20-11-16(19-12-20)14-6-4-5-7-15(14)17(21)10-18;1-21(2,3)9-8-20-13-18-10-16(17-12-18)15-7-5-4-6-14(15)11-19;12-5-11(15)9-4-2-1-3-8(9)10-6-13-7-14-10;1-14(2,3)5-4-13-8-12-6-9(10)11-7-12;9-5-6-3-1-2-4-7(6)8(10)11/h10-13,15-16,20H,14H2,1-9H3,(H,27,30);4-7,10,12,17,21H,8-9,11,13H2,1-3H3;4-7,11-12,17,21H,8-10,13,18H2,1-3H3;4-7,10-12H,8-9,13H2,1-3H3;1-4,6-7,11,15H,5,12H2,(H,13,14);6-7H,4-5,8H2,1-3H3;1-5,10-11H. The van der Waals surface area contributed by atoms with Gasteiger partial charge in [-0.2, -0.15) is 0 Å². The molecule has 4 unspecified atom stereocenters. The van der Waals surface area contributed by atoms with Crippen molar-refractivity contribution in [3.63, 3.8) is 0 Å². The van der Waals surface area contributed by atoms with Crippen LogP contribution in [0.1, 0.15) is 130 Å². The van der Waals surface area contributed by atoms with Gasteiger partial charge in [0.2, 0.25) is 6.54 Å². The van der Waals surface area contributed by atoms with Gasteiger partial charge in [0, 0.05) is 152 Å². The van der Waals surface area contributed by atoms with Crippen molar-refractivity contribution in [3.05, 3.63) is 268 Å². The van der Waals surface area contributed by atoms with Gasteiger partial charge in [0.15, 0.2) is 6.29 Å². The van der Waals surface area contributed by atoms with Crippen LogP contribution in [0.4, 0.5) is 14.4 Å². The summed E-state index contributed by atoms with van der Waals surface area (Å²) in [5.41, 5.74) is 20.4. The molecule has 0 spiro atoms. The molecule has 42 heteroatoms. The lowest BCUT2D eigenvalue weighted by atomic mass is 9.77. The number of halogens is 1. The Balaban J connectivity index is 0.000000266. The Hall–Kier alpha value is -11.4. The van der Waals surface area contributed by atoms with Gasteiger partial charge in [-0.3, -0.25) is 19.7 Å². The number of rotatable bonds is 39. The average Bonchev–Trinajstić information content (AvgIpc) is 1.71. The van der Waals surface area contributed by atoms with Crippen LogP contribution in [0, 0.1) is 13.8 Å². The number of aliphatic hydroxyl groups excluding tert-OH is 3. The third kappa shape index (κ3) is 47.3. The van der Waals surface area contributed by atoms with E-state index in [4.69, 9.17) is 59.4 Å². The first kappa shape index (κ1) is 122. The summed E-state index contributed by atoms with van der Waals surface area (Å²) < 4.78 is 54.2. The molecular formula is C103H148BIN16O20Si4. The second-order valence-corrected chi connectivity index (χ2v) is 65.3. The van der Waals surface area contributed by atoms with Crippen molar-refractivity contribution >= 4 is 98.4 Å². The number of aliphatic hydroxyl groups is 3. The van der Waals surface area contributed by atoms with Crippen molar-refractivity contribution in [1.29, 1.82) is 0 Å². The number of amides is 1. The lowest BCUT2D eigenvalue weighted by molar-refractivity contribution is -0.491. The Bertz CT molecular complexity index is 5910. The highest BCUT2D eigenvalue weighted by Gasteiger charge is 2.30. The molecule has 0 saturated carbocycles. The number of aromatic amines is 1. The molecule has 0 saturated heterocycles. The molecule has 0 aliphatic carbocycles. The summed E-state index contributed by atoms with van der Waals surface area (Å²) in [7, 11) is -5.72. The van der Waals surface area contributed by atoms with Crippen molar-refractivity contribution in [2.24, 2.45) is 11.5 Å². The number of hydrogen-bond acceptors (Lipinski definition) is 28. The third-order valence-corrected chi connectivity index (χ3v) is 27.9. The van der Waals surface area contributed by atoms with Crippen LogP contribution in [0.2, 0.25) is 103 Å². The maximum Gasteiger partial charge on any atom is 0.509 e. The summed E-state index contributed by atoms with van der Waals surface area (Å²) >= 11 is 2.19. The fourth-order valence-electron chi connectivity index (χ4n) is 12.9. The van der Waals surface area contributed by atoms with E-state index in [0.29, 0.717) is 78.0 Å². The SMILES string of the molecule is CC(C)(C)OC(=O)NCC(OC(=O)OC(C)(C)C)c1ccccc1-c1cn(C(=O)OC(C)(C)C)cn1.C[Si](C)(C)CCOCn1cnc(-c2ccccc2C(O)CN)c1.C[Si](C)(C)CCOCn1cnc(-c2ccccc2C(O)C[N+](=O)[O-])c1.C[Si](C)(C)CCOCn1cnc(-c2ccccc2C=O)c1.C[Si](C)(C)CCOCn1cnc(I)c1.NCC(O)c1ccccc1-c1cnc[nH]1.O=Cc1ccccc1B(O)O. The smallest absolute Gasteiger partial charge is 0.444 e. The number of aromatic nitrogens is 12. The van der Waals surface area contributed by atoms with Crippen molar-refractivity contribution in [3.8, 4) is 56.3 Å². The van der Waals surface area contributed by atoms with Gasteiger partial charge in [-0.25, -0.2) is 48.9 Å². The monoisotopic (exact) mass is 2180 g/mol. The van der Waals surface area contributed by atoms with E-state index in [2.05, 4.69) is 141 Å². The molecular weight excluding hydrogens is 2030 g/mol. The Morgan fingerprint density at radius 1 is 0.476 bits per heavy atom. The van der Waals surface area contributed by atoms with Gasteiger partial charge in [0.25, 0.3) is 0 Å². The predicted octanol–water partition coefficient (Wildman–Crippen LogP) is 18.6. The number of imidazole rings is 6. The Kier molecular flexibility index (Phi) is 50.1. The van der Waals surface area contributed by atoms with Crippen LogP contribution < -0.4 is 22.2 Å². The molecule has 0 fully saturated rings. The number of ether oxygens (including phenoxy) is 8. The second kappa shape index (κ2) is 59.4. The lowest BCUT2D eigenvalue weighted by Gasteiger charge is -2.25. The third-order valence-electron chi connectivity index (χ3n) is 20.5. The summed E-state index contributed by atoms with van der Waals surface area (Å²) in [5, 5.41) is 60.7. The van der Waals surface area contributed by atoms with Crippen molar-refractivity contribution in [2.45, 2.75) is 233 Å². The lowest BCUT2D eigenvalue weighted by Crippen LogP contribution is -2.36. The summed E-state index contributed by atoms with van der Waals surface area (Å²) in [6.07, 6.45) is 16.8. The van der Waals surface area contributed by atoms with E-state index in [-0.39, 0.29) is 25.1 Å². The van der Waals surface area contributed by atoms with Crippen LogP contribution in [-0.4, -0.2) is 228 Å². The number of benzene rings is 6. The quantitative estimate of drug-likeness (QED) is 0.00252. The molecule has 145 heavy (non-hydrogen) atoms. The topological polar surface area (TPSA) is 485 Å². The molecule has 0 aliphatic heterocycles. The Morgan fingerprint density at radius 2 is 0.834 bits per heavy atom. The molecule has 12 rings (SSSR count). The number of nitrogens with two attached hydrogens (primary N) is 2. The largest absolute Gasteiger partial charge is 0.509 e. The van der Waals surface area contributed by atoms with Gasteiger partial charge >= 0.3 is 25.5 Å². The molecule has 12 aromatic rings. The fraction of sp³-hybridized carbons (Fsp3) is 0.427. The van der Waals surface area contributed by atoms with E-state index >= 15 is 0 Å². The number of nitro groups is 1. The average molecular weight is 2180 g/mol. The molecule has 36 nitrogen and oxygen atoms in total. The summed E-state index contributed by atoms with van der Waals surface area (Å²) in [6.45, 7) is 48.7. The second-order valence-electron chi connectivity index (χ2n) is 41.7. The van der Waals surface area contributed by atoms with Crippen LogP contribution in [0.15, 0.2) is 221 Å². The number of H-pyrrole nitrogens is 1. The molecule has 0 radical (unpaired) electrons. The van der Waals surface area contributed by atoms with Crippen molar-refractivity contribution in [2.75, 3.05) is 52.6 Å². The molecule has 6 aromatic heterocycles. The first-order chi connectivity index (χ1) is 68.1. The Morgan fingerprint density at radius 3 is 1.22 bits per heavy atom. The van der Waals surface area contributed by atoms with Gasteiger partial charge in [-0.05, 0) is 131 Å². The number of aldehydes is 2. The predicted molar refractivity (Wildman–Crippen MR) is 584 cm³/mol. The summed E-state index contributed by atoms with van der Waals surface area (Å²) in [5.74, 6) is 0. The maximum absolute atomic E-state index is 12.5.